The van der Waals surface area contributed by atoms with Crippen molar-refractivity contribution in [1.82, 2.24) is 9.97 Å². The topological polar surface area (TPSA) is 42.9 Å². The molecule has 90 valence electrons. The Morgan fingerprint density at radius 2 is 2.12 bits per heavy atom. The summed E-state index contributed by atoms with van der Waals surface area (Å²) in [5.41, 5.74) is 2.60. The van der Waals surface area contributed by atoms with Crippen LogP contribution in [0.2, 0.25) is 0 Å². The van der Waals surface area contributed by atoms with E-state index in [-0.39, 0.29) is 11.2 Å². The van der Waals surface area contributed by atoms with E-state index in [2.05, 4.69) is 30.7 Å². The molecule has 0 spiro atoms. The molecule has 2 rings (SSSR count). The molecule has 0 fully saturated rings. The molecule has 1 aromatic heterocycles. The molecule has 0 aliphatic heterocycles. The lowest BCUT2D eigenvalue weighted by molar-refractivity contribution is -0.113. The minimum atomic E-state index is -0.0853. The number of ketones is 1. The summed E-state index contributed by atoms with van der Waals surface area (Å²) in [4.78, 5) is 20.8. The van der Waals surface area contributed by atoms with Gasteiger partial charge >= 0.3 is 0 Å². The number of hydrogen-bond acceptors (Lipinski definition) is 3. The minimum absolute atomic E-state index is 0.0853. The van der Waals surface area contributed by atoms with Gasteiger partial charge in [0.15, 0.2) is 5.78 Å². The Morgan fingerprint density at radius 3 is 2.71 bits per heavy atom. The number of aromatic nitrogens is 2. The third-order valence-corrected chi connectivity index (χ3v) is 2.94. The number of fused-ring (bicyclic) bond motifs is 1. The number of allylic oxidation sites excluding steroid dienone is 2. The Kier molecular flexibility index (Phi) is 2.86. The molecule has 1 aromatic rings. The second-order valence-electron chi connectivity index (χ2n) is 5.42. The van der Waals surface area contributed by atoms with Crippen molar-refractivity contribution < 1.29 is 4.79 Å². The average molecular weight is 230 g/mol. The summed E-state index contributed by atoms with van der Waals surface area (Å²) in [6, 6.07) is 0. The van der Waals surface area contributed by atoms with Gasteiger partial charge in [-0.25, -0.2) is 9.97 Å². The standard InChI is InChI=1S/C14H18N2O/c1-5-11(17)10-7-6-9-8-15-13(14(2,3)4)16-12(9)10/h7-8H,5-6H2,1-4H3. The summed E-state index contributed by atoms with van der Waals surface area (Å²) in [7, 11) is 0. The summed E-state index contributed by atoms with van der Waals surface area (Å²) < 4.78 is 0. The van der Waals surface area contributed by atoms with Gasteiger partial charge in [-0.2, -0.15) is 0 Å². The maximum Gasteiger partial charge on any atom is 0.164 e. The predicted octanol–water partition coefficient (Wildman–Crippen LogP) is 2.69. The van der Waals surface area contributed by atoms with E-state index >= 15 is 0 Å². The first-order valence-electron chi connectivity index (χ1n) is 6.03. The number of nitrogens with zero attached hydrogens (tertiary/aromatic N) is 2. The van der Waals surface area contributed by atoms with Crippen LogP contribution >= 0.6 is 0 Å². The fourth-order valence-electron chi connectivity index (χ4n) is 1.90. The van der Waals surface area contributed by atoms with Crippen molar-refractivity contribution in [1.29, 1.82) is 0 Å². The Bertz CT molecular complexity index is 495. The molecule has 0 saturated heterocycles. The van der Waals surface area contributed by atoms with Crippen molar-refractivity contribution in [2.75, 3.05) is 0 Å². The van der Waals surface area contributed by atoms with E-state index in [0.717, 1.165) is 29.1 Å². The van der Waals surface area contributed by atoms with Crippen molar-refractivity contribution in [3.63, 3.8) is 0 Å². The minimum Gasteiger partial charge on any atom is -0.294 e. The molecule has 0 atom stereocenters. The van der Waals surface area contributed by atoms with E-state index in [1.165, 1.54) is 0 Å². The molecule has 0 aromatic carbocycles. The molecule has 17 heavy (non-hydrogen) atoms. The highest BCUT2D eigenvalue weighted by molar-refractivity contribution is 6.21. The molecule has 1 aliphatic rings. The monoisotopic (exact) mass is 230 g/mol. The maximum atomic E-state index is 11.8. The average Bonchev–Trinajstić information content (AvgIpc) is 2.69. The van der Waals surface area contributed by atoms with Crippen LogP contribution in [-0.4, -0.2) is 15.8 Å². The number of hydrogen-bond donors (Lipinski definition) is 0. The van der Waals surface area contributed by atoms with E-state index in [9.17, 15) is 4.79 Å². The van der Waals surface area contributed by atoms with Crippen molar-refractivity contribution >= 4 is 11.4 Å². The van der Waals surface area contributed by atoms with Crippen LogP contribution in [0.25, 0.3) is 5.57 Å². The molecule has 0 N–H and O–H groups in total. The number of rotatable bonds is 2. The van der Waals surface area contributed by atoms with Gasteiger partial charge in [0.2, 0.25) is 0 Å². The van der Waals surface area contributed by atoms with Gasteiger partial charge in [-0.15, -0.1) is 0 Å². The van der Waals surface area contributed by atoms with Crippen LogP contribution in [0, 0.1) is 0 Å². The van der Waals surface area contributed by atoms with Crippen LogP contribution in [0.15, 0.2) is 12.3 Å². The molecule has 3 heteroatoms. The first-order valence-corrected chi connectivity index (χ1v) is 6.03. The molecule has 0 bridgehead atoms. The van der Waals surface area contributed by atoms with E-state index in [0.29, 0.717) is 6.42 Å². The van der Waals surface area contributed by atoms with Gasteiger partial charge in [-0.3, -0.25) is 4.79 Å². The van der Waals surface area contributed by atoms with Crippen LogP contribution < -0.4 is 0 Å². The normalized spacial score (nSPS) is 14.5. The third-order valence-electron chi connectivity index (χ3n) is 2.94. The van der Waals surface area contributed by atoms with Crippen molar-refractivity contribution in [2.45, 2.75) is 46.0 Å². The van der Waals surface area contributed by atoms with Crippen LogP contribution in [0.3, 0.4) is 0 Å². The predicted molar refractivity (Wildman–Crippen MR) is 67.7 cm³/mol. The van der Waals surface area contributed by atoms with Crippen molar-refractivity contribution in [3.05, 3.63) is 29.4 Å². The van der Waals surface area contributed by atoms with Crippen LogP contribution in [0.1, 0.15) is 51.2 Å². The number of Topliss-reactive ketones (excluding diaryl/α,β-unsaturated/α-hetero) is 1. The van der Waals surface area contributed by atoms with Gasteiger partial charge in [0.1, 0.15) is 5.82 Å². The Morgan fingerprint density at radius 1 is 1.41 bits per heavy atom. The summed E-state index contributed by atoms with van der Waals surface area (Å²) in [6.45, 7) is 8.12. The van der Waals surface area contributed by atoms with Gasteiger partial charge in [-0.1, -0.05) is 33.8 Å². The molecular formula is C14H18N2O. The summed E-state index contributed by atoms with van der Waals surface area (Å²) in [5.74, 6) is 0.968. The largest absolute Gasteiger partial charge is 0.294 e. The smallest absolute Gasteiger partial charge is 0.164 e. The molecule has 1 aliphatic carbocycles. The molecule has 0 saturated carbocycles. The summed E-state index contributed by atoms with van der Waals surface area (Å²) >= 11 is 0. The first kappa shape index (κ1) is 12.0. The van der Waals surface area contributed by atoms with Crippen molar-refractivity contribution in [2.24, 2.45) is 0 Å². The van der Waals surface area contributed by atoms with Gasteiger partial charge in [0, 0.05) is 29.2 Å². The van der Waals surface area contributed by atoms with E-state index < -0.39 is 0 Å². The molecule has 0 unspecified atom stereocenters. The van der Waals surface area contributed by atoms with E-state index in [1.54, 1.807) is 0 Å². The SMILES string of the molecule is CCC(=O)C1=CCc2cnc(C(C)(C)C)nc21. The molecule has 0 radical (unpaired) electrons. The Balaban J connectivity index is 2.46. The highest BCUT2D eigenvalue weighted by Gasteiger charge is 2.24. The van der Waals surface area contributed by atoms with E-state index in [1.807, 2.05) is 19.2 Å². The summed E-state index contributed by atoms with van der Waals surface area (Å²) in [6.07, 6.45) is 5.13. The van der Waals surface area contributed by atoms with Crippen LogP contribution in [-0.2, 0) is 16.6 Å². The lowest BCUT2D eigenvalue weighted by Gasteiger charge is -2.17. The fourth-order valence-corrected chi connectivity index (χ4v) is 1.90. The van der Waals surface area contributed by atoms with Crippen LogP contribution in [0.5, 0.6) is 0 Å². The van der Waals surface area contributed by atoms with Gasteiger partial charge < -0.3 is 0 Å². The maximum absolute atomic E-state index is 11.8. The first-order chi connectivity index (χ1) is 7.93. The quantitative estimate of drug-likeness (QED) is 0.784. The van der Waals surface area contributed by atoms with Gasteiger partial charge in [0.05, 0.1) is 5.69 Å². The second kappa shape index (κ2) is 4.06. The lowest BCUT2D eigenvalue weighted by atomic mass is 9.95. The zero-order valence-corrected chi connectivity index (χ0v) is 10.9. The highest BCUT2D eigenvalue weighted by Crippen LogP contribution is 2.28. The second-order valence-corrected chi connectivity index (χ2v) is 5.42. The zero-order chi connectivity index (χ0) is 12.6. The van der Waals surface area contributed by atoms with Crippen molar-refractivity contribution in [3.8, 4) is 0 Å². The lowest BCUT2D eigenvalue weighted by Crippen LogP contribution is -2.17. The Labute approximate surface area is 102 Å². The molecule has 0 amide bonds. The number of carbonyl (C=O) groups excluding carboxylic acids is 1. The zero-order valence-electron chi connectivity index (χ0n) is 10.9. The summed E-state index contributed by atoms with van der Waals surface area (Å²) in [5, 5.41) is 0. The molecular weight excluding hydrogens is 212 g/mol. The molecule has 1 heterocycles. The fraction of sp³-hybridized carbons (Fsp3) is 0.500. The highest BCUT2D eigenvalue weighted by atomic mass is 16.1. The van der Waals surface area contributed by atoms with Gasteiger partial charge in [-0.05, 0) is 6.42 Å². The Hall–Kier alpha value is -1.51. The van der Waals surface area contributed by atoms with Gasteiger partial charge in [0.25, 0.3) is 0 Å². The molecule has 3 nitrogen and oxygen atoms in total. The van der Waals surface area contributed by atoms with Crippen LogP contribution in [0.4, 0.5) is 0 Å². The van der Waals surface area contributed by atoms with E-state index in [4.69, 9.17) is 0 Å². The number of carbonyl (C=O) groups is 1. The third kappa shape index (κ3) is 2.14.